The number of amides is 1. The first kappa shape index (κ1) is 14.1. The van der Waals surface area contributed by atoms with Crippen molar-refractivity contribution in [2.75, 3.05) is 32.0 Å². The Labute approximate surface area is 118 Å². The van der Waals surface area contributed by atoms with Gasteiger partial charge in [0.05, 0.1) is 0 Å². The molecule has 0 radical (unpaired) electrons. The molecule has 1 aliphatic rings. The summed E-state index contributed by atoms with van der Waals surface area (Å²) < 4.78 is 0. The van der Waals surface area contributed by atoms with Gasteiger partial charge in [-0.1, -0.05) is 11.6 Å². The molecule has 5 nitrogen and oxygen atoms in total. The zero-order valence-electron chi connectivity index (χ0n) is 11.0. The van der Waals surface area contributed by atoms with Gasteiger partial charge in [0.25, 0.3) is 5.91 Å². The van der Waals surface area contributed by atoms with Gasteiger partial charge in [0, 0.05) is 25.7 Å². The van der Waals surface area contributed by atoms with Crippen molar-refractivity contribution in [3.63, 3.8) is 0 Å². The van der Waals surface area contributed by atoms with E-state index in [2.05, 4.69) is 10.3 Å². The number of nitrogens with one attached hydrogen (secondary N) is 1. The zero-order valence-corrected chi connectivity index (χ0v) is 11.8. The predicted molar refractivity (Wildman–Crippen MR) is 76.5 cm³/mol. The number of rotatable bonds is 3. The Bertz CT molecular complexity index is 466. The Balaban J connectivity index is 2.16. The van der Waals surface area contributed by atoms with Crippen LogP contribution in [0, 0.1) is 5.92 Å². The maximum absolute atomic E-state index is 12.5. The molecule has 3 N–H and O–H groups in total. The number of carbonyl (C=O) groups is 1. The summed E-state index contributed by atoms with van der Waals surface area (Å²) in [6.07, 6.45) is 2.10. The lowest BCUT2D eigenvalue weighted by Crippen LogP contribution is -2.42. The lowest BCUT2D eigenvalue weighted by atomic mass is 9.98. The molecule has 1 fully saturated rings. The molecule has 0 unspecified atom stereocenters. The molecule has 104 valence electrons. The van der Waals surface area contributed by atoms with Gasteiger partial charge in [0.15, 0.2) is 0 Å². The Morgan fingerprint density at radius 3 is 3.11 bits per heavy atom. The van der Waals surface area contributed by atoms with E-state index in [1.807, 2.05) is 4.90 Å². The summed E-state index contributed by atoms with van der Waals surface area (Å²) in [5, 5.41) is 3.22. The highest BCUT2D eigenvalue weighted by atomic mass is 35.5. The minimum absolute atomic E-state index is 0.000972. The van der Waals surface area contributed by atoms with Crippen LogP contribution in [0.4, 0.5) is 5.82 Å². The van der Waals surface area contributed by atoms with Crippen LogP contribution in [0.5, 0.6) is 0 Å². The molecule has 1 amide bonds. The Hall–Kier alpha value is -1.33. The standard InChI is InChI=1S/C13H19ClN4O/c1-16-12-6-10(5-11(14)17-12)13(19)18-4-2-3-9(7-15)8-18/h5-6,9H,2-4,7-8,15H2,1H3,(H,16,17)/t9-/m1/s1. The minimum Gasteiger partial charge on any atom is -0.373 e. The number of aromatic nitrogens is 1. The number of hydrogen-bond donors (Lipinski definition) is 2. The molecule has 0 spiro atoms. The summed E-state index contributed by atoms with van der Waals surface area (Å²) in [6, 6.07) is 3.33. The second-order valence-corrected chi connectivity index (χ2v) is 5.20. The number of hydrogen-bond acceptors (Lipinski definition) is 4. The highest BCUT2D eigenvalue weighted by Crippen LogP contribution is 2.20. The number of halogens is 1. The smallest absolute Gasteiger partial charge is 0.254 e. The first-order valence-corrected chi connectivity index (χ1v) is 6.86. The summed E-state index contributed by atoms with van der Waals surface area (Å²) >= 11 is 5.93. The van der Waals surface area contributed by atoms with E-state index in [-0.39, 0.29) is 5.91 Å². The van der Waals surface area contributed by atoms with Gasteiger partial charge in [-0.05, 0) is 37.4 Å². The van der Waals surface area contributed by atoms with Crippen molar-refractivity contribution in [2.24, 2.45) is 11.7 Å². The lowest BCUT2D eigenvalue weighted by molar-refractivity contribution is 0.0678. The Morgan fingerprint density at radius 2 is 2.42 bits per heavy atom. The molecule has 1 aromatic rings. The third-order valence-electron chi connectivity index (χ3n) is 3.44. The van der Waals surface area contributed by atoms with Crippen molar-refractivity contribution in [1.82, 2.24) is 9.88 Å². The minimum atomic E-state index is -0.000972. The molecule has 2 heterocycles. The second kappa shape index (κ2) is 6.21. The average Bonchev–Trinajstić information content (AvgIpc) is 2.45. The van der Waals surface area contributed by atoms with Crippen molar-refractivity contribution in [3.05, 3.63) is 22.8 Å². The molecule has 19 heavy (non-hydrogen) atoms. The van der Waals surface area contributed by atoms with Gasteiger partial charge in [-0.2, -0.15) is 0 Å². The van der Waals surface area contributed by atoms with Crippen LogP contribution in [-0.4, -0.2) is 42.5 Å². The summed E-state index contributed by atoms with van der Waals surface area (Å²) in [6.45, 7) is 2.14. The van der Waals surface area contributed by atoms with Crippen molar-refractivity contribution in [2.45, 2.75) is 12.8 Å². The van der Waals surface area contributed by atoms with E-state index in [1.165, 1.54) is 0 Å². The molecule has 0 bridgehead atoms. The third kappa shape index (κ3) is 3.36. The number of nitrogens with zero attached hydrogens (tertiary/aromatic N) is 2. The number of anilines is 1. The van der Waals surface area contributed by atoms with Crippen LogP contribution < -0.4 is 11.1 Å². The highest BCUT2D eigenvalue weighted by Gasteiger charge is 2.24. The molecular formula is C13H19ClN4O. The maximum atomic E-state index is 12.5. The molecule has 2 rings (SSSR count). The predicted octanol–water partition coefficient (Wildman–Crippen LogP) is 1.59. The van der Waals surface area contributed by atoms with Gasteiger partial charge in [0.1, 0.15) is 11.0 Å². The Morgan fingerprint density at radius 1 is 1.63 bits per heavy atom. The van der Waals surface area contributed by atoms with Crippen molar-refractivity contribution in [3.8, 4) is 0 Å². The number of nitrogens with two attached hydrogens (primary N) is 1. The molecular weight excluding hydrogens is 264 g/mol. The van der Waals surface area contributed by atoms with Crippen LogP contribution >= 0.6 is 11.6 Å². The molecule has 0 aliphatic carbocycles. The van der Waals surface area contributed by atoms with E-state index < -0.39 is 0 Å². The first-order chi connectivity index (χ1) is 9.13. The fourth-order valence-corrected chi connectivity index (χ4v) is 2.58. The number of pyridine rings is 1. The molecule has 1 aromatic heterocycles. The maximum Gasteiger partial charge on any atom is 0.254 e. The van der Waals surface area contributed by atoms with Gasteiger partial charge in [0.2, 0.25) is 0 Å². The lowest BCUT2D eigenvalue weighted by Gasteiger charge is -2.32. The largest absolute Gasteiger partial charge is 0.373 e. The van der Waals surface area contributed by atoms with Crippen LogP contribution in [0.15, 0.2) is 12.1 Å². The van der Waals surface area contributed by atoms with Crippen molar-refractivity contribution < 1.29 is 4.79 Å². The van der Waals surface area contributed by atoms with Gasteiger partial charge >= 0.3 is 0 Å². The molecule has 1 saturated heterocycles. The molecule has 1 aliphatic heterocycles. The SMILES string of the molecule is CNc1cc(C(=O)N2CCC[C@H](CN)C2)cc(Cl)n1. The molecule has 0 aromatic carbocycles. The summed E-state index contributed by atoms with van der Waals surface area (Å²) in [4.78, 5) is 18.4. The number of carbonyl (C=O) groups excluding carboxylic acids is 1. The normalized spacial score (nSPS) is 19.3. The quantitative estimate of drug-likeness (QED) is 0.826. The fraction of sp³-hybridized carbons (Fsp3) is 0.538. The van der Waals surface area contributed by atoms with Crippen molar-refractivity contribution in [1.29, 1.82) is 0 Å². The van der Waals surface area contributed by atoms with Gasteiger partial charge < -0.3 is 16.0 Å². The summed E-state index contributed by atoms with van der Waals surface area (Å²) in [7, 11) is 1.75. The monoisotopic (exact) mass is 282 g/mol. The summed E-state index contributed by atoms with van der Waals surface area (Å²) in [5.41, 5.74) is 6.27. The van der Waals surface area contributed by atoms with Crippen LogP contribution in [-0.2, 0) is 0 Å². The van der Waals surface area contributed by atoms with Crippen LogP contribution in [0.25, 0.3) is 0 Å². The van der Waals surface area contributed by atoms with E-state index in [0.29, 0.717) is 29.0 Å². The number of piperidine rings is 1. The average molecular weight is 283 g/mol. The zero-order chi connectivity index (χ0) is 13.8. The first-order valence-electron chi connectivity index (χ1n) is 6.48. The van der Waals surface area contributed by atoms with E-state index in [4.69, 9.17) is 17.3 Å². The van der Waals surface area contributed by atoms with Gasteiger partial charge in [-0.15, -0.1) is 0 Å². The van der Waals surface area contributed by atoms with Crippen LogP contribution in [0.3, 0.4) is 0 Å². The molecule has 1 atom stereocenters. The van der Waals surface area contributed by atoms with E-state index in [1.54, 1.807) is 19.2 Å². The second-order valence-electron chi connectivity index (χ2n) is 4.81. The van der Waals surface area contributed by atoms with E-state index in [9.17, 15) is 4.79 Å². The van der Waals surface area contributed by atoms with Gasteiger partial charge in [-0.3, -0.25) is 4.79 Å². The van der Waals surface area contributed by atoms with E-state index >= 15 is 0 Å². The van der Waals surface area contributed by atoms with Crippen LogP contribution in [0.2, 0.25) is 5.15 Å². The third-order valence-corrected chi connectivity index (χ3v) is 3.63. The van der Waals surface area contributed by atoms with Crippen LogP contribution in [0.1, 0.15) is 23.2 Å². The van der Waals surface area contributed by atoms with Crippen molar-refractivity contribution >= 4 is 23.3 Å². The molecule has 6 heteroatoms. The summed E-state index contributed by atoms with van der Waals surface area (Å²) in [5.74, 6) is 1.00. The number of likely N-dealkylation sites (tertiary alicyclic amines) is 1. The highest BCUT2D eigenvalue weighted by molar-refractivity contribution is 6.29. The molecule has 0 saturated carbocycles. The van der Waals surface area contributed by atoms with E-state index in [0.717, 1.165) is 25.9 Å². The topological polar surface area (TPSA) is 71.2 Å². The Kier molecular flexibility index (Phi) is 4.61. The van der Waals surface area contributed by atoms with Gasteiger partial charge in [-0.25, -0.2) is 4.98 Å². The fourth-order valence-electron chi connectivity index (χ4n) is 2.37.